The number of hydrogen-bond donors (Lipinski definition) is 4. The van der Waals surface area contributed by atoms with E-state index in [2.05, 4.69) is 61.1 Å². The van der Waals surface area contributed by atoms with Crippen molar-refractivity contribution in [3.63, 3.8) is 0 Å². The monoisotopic (exact) mass is 837 g/mol. The van der Waals surface area contributed by atoms with Crippen molar-refractivity contribution in [2.75, 3.05) is 19.7 Å². The van der Waals surface area contributed by atoms with E-state index in [1.165, 1.54) is 0 Å². The van der Waals surface area contributed by atoms with Crippen LogP contribution in [-0.2, 0) is 19.1 Å². The Labute approximate surface area is 283 Å². The van der Waals surface area contributed by atoms with Crippen molar-refractivity contribution in [3.8, 4) is 5.75 Å². The summed E-state index contributed by atoms with van der Waals surface area (Å²) in [4.78, 5) is 59.2. The number of ether oxygens (including phenoxy) is 3. The van der Waals surface area contributed by atoms with Gasteiger partial charge in [0.2, 0.25) is 6.29 Å². The first-order valence-corrected chi connectivity index (χ1v) is 16.3. The highest BCUT2D eigenvalue weighted by Gasteiger charge is 2.22. The van der Waals surface area contributed by atoms with Gasteiger partial charge >= 0.3 is 12.1 Å². The SMILES string of the molecule is CCC[C@H](NC(=O)O[C@@H](CCCCNC(=O)c1ccc(I)cc1OCCCCNC(=O)c1ccc(I)cc1)OC=O)C(=O)O. The van der Waals surface area contributed by atoms with Gasteiger partial charge in [-0.15, -0.1) is 0 Å². The molecule has 44 heavy (non-hydrogen) atoms. The van der Waals surface area contributed by atoms with Crippen LogP contribution >= 0.6 is 45.2 Å². The molecule has 12 nitrogen and oxygen atoms in total. The van der Waals surface area contributed by atoms with Crippen molar-refractivity contribution < 1.29 is 43.3 Å². The number of carboxylic acids is 1. The van der Waals surface area contributed by atoms with Crippen LogP contribution in [0.3, 0.4) is 0 Å². The van der Waals surface area contributed by atoms with E-state index in [1.807, 2.05) is 18.2 Å². The average Bonchev–Trinajstić information content (AvgIpc) is 2.98. The van der Waals surface area contributed by atoms with Crippen molar-refractivity contribution >= 4 is 75.5 Å². The number of halogens is 2. The summed E-state index contributed by atoms with van der Waals surface area (Å²) in [6.07, 6.45) is 1.08. The van der Waals surface area contributed by atoms with Gasteiger partial charge in [-0.3, -0.25) is 14.4 Å². The van der Waals surface area contributed by atoms with Gasteiger partial charge in [0.1, 0.15) is 11.8 Å². The number of nitrogens with one attached hydrogen (secondary N) is 3. The molecule has 0 aliphatic heterocycles. The normalized spacial score (nSPS) is 11.9. The maximum Gasteiger partial charge on any atom is 0.410 e. The zero-order chi connectivity index (χ0) is 32.3. The standard InChI is InChI=1S/C30H37I2N3O9/c1-2-7-24(29(39)40)35-30(41)44-26(43-19-36)8-3-4-15-34-28(38)23-14-13-22(32)18-25(23)42-17-6-5-16-33-27(37)20-9-11-21(31)12-10-20/h9-14,18-19,24,26H,2-8,15-17H2,1H3,(H,33,37)(H,34,38)(H,35,41)(H,39,40)/t24-,26-/m0/s1. The number of carbonyl (C=O) groups excluding carboxylic acids is 4. The van der Waals surface area contributed by atoms with Gasteiger partial charge in [0.15, 0.2) is 0 Å². The van der Waals surface area contributed by atoms with Crippen molar-refractivity contribution in [3.05, 3.63) is 60.7 Å². The number of benzene rings is 2. The number of rotatable bonds is 20. The van der Waals surface area contributed by atoms with Crippen molar-refractivity contribution in [2.24, 2.45) is 0 Å². The molecule has 2 rings (SSSR count). The Hall–Kier alpha value is -3.15. The fraction of sp³-hybridized carbons (Fsp3) is 0.433. The lowest BCUT2D eigenvalue weighted by molar-refractivity contribution is -0.154. The first-order valence-electron chi connectivity index (χ1n) is 14.2. The zero-order valence-corrected chi connectivity index (χ0v) is 28.6. The van der Waals surface area contributed by atoms with Crippen LogP contribution in [0.1, 0.15) is 72.6 Å². The molecule has 240 valence electrons. The van der Waals surface area contributed by atoms with Crippen LogP contribution in [0.4, 0.5) is 4.79 Å². The summed E-state index contributed by atoms with van der Waals surface area (Å²) >= 11 is 4.33. The first-order chi connectivity index (χ1) is 21.1. The minimum atomic E-state index is -1.19. The lowest BCUT2D eigenvalue weighted by Gasteiger charge is -2.18. The molecular formula is C30H37I2N3O9. The van der Waals surface area contributed by atoms with E-state index in [1.54, 1.807) is 31.2 Å². The molecule has 0 unspecified atom stereocenters. The quantitative estimate of drug-likeness (QED) is 0.0630. The Kier molecular flexibility index (Phi) is 17.5. The Balaban J connectivity index is 1.73. The largest absolute Gasteiger partial charge is 0.493 e. The highest BCUT2D eigenvalue weighted by atomic mass is 127. The van der Waals surface area contributed by atoms with E-state index >= 15 is 0 Å². The third kappa shape index (κ3) is 14.1. The molecule has 0 spiro atoms. The van der Waals surface area contributed by atoms with Gasteiger partial charge in [-0.05, 0) is 120 Å². The van der Waals surface area contributed by atoms with E-state index in [4.69, 9.17) is 19.3 Å². The van der Waals surface area contributed by atoms with E-state index in [-0.39, 0.29) is 31.1 Å². The van der Waals surface area contributed by atoms with Crippen LogP contribution in [0.5, 0.6) is 5.75 Å². The third-order valence-corrected chi connectivity index (χ3v) is 7.56. The molecule has 3 amide bonds. The molecule has 14 heteroatoms. The number of carbonyl (C=O) groups is 5. The van der Waals surface area contributed by atoms with Gasteiger partial charge in [0.05, 0.1) is 12.2 Å². The lowest BCUT2D eigenvalue weighted by Crippen LogP contribution is -2.42. The summed E-state index contributed by atoms with van der Waals surface area (Å²) < 4.78 is 17.7. The Morgan fingerprint density at radius 3 is 2.20 bits per heavy atom. The van der Waals surface area contributed by atoms with Crippen molar-refractivity contribution in [2.45, 2.75) is 64.2 Å². The number of amides is 3. The number of carboxylic acid groups (broad SMARTS) is 1. The van der Waals surface area contributed by atoms with Gasteiger partial charge < -0.3 is 35.3 Å². The molecule has 0 aliphatic carbocycles. The number of unbranched alkanes of at least 4 members (excludes halogenated alkanes) is 2. The molecule has 0 fully saturated rings. The minimum Gasteiger partial charge on any atom is -0.493 e. The lowest BCUT2D eigenvalue weighted by atomic mass is 10.1. The molecule has 0 heterocycles. The van der Waals surface area contributed by atoms with Gasteiger partial charge in [-0.2, -0.15) is 0 Å². The minimum absolute atomic E-state index is 0.125. The second-order valence-electron chi connectivity index (χ2n) is 9.60. The van der Waals surface area contributed by atoms with Crippen LogP contribution in [0.25, 0.3) is 0 Å². The maximum atomic E-state index is 12.9. The second-order valence-corrected chi connectivity index (χ2v) is 12.1. The smallest absolute Gasteiger partial charge is 0.410 e. The van der Waals surface area contributed by atoms with Crippen molar-refractivity contribution in [1.29, 1.82) is 0 Å². The molecule has 2 aromatic carbocycles. The summed E-state index contributed by atoms with van der Waals surface area (Å²) in [6.45, 7) is 3.12. The maximum absolute atomic E-state index is 12.9. The number of hydrogen-bond acceptors (Lipinski definition) is 8. The van der Waals surface area contributed by atoms with E-state index < -0.39 is 24.4 Å². The van der Waals surface area contributed by atoms with Crippen LogP contribution in [0.15, 0.2) is 42.5 Å². The summed E-state index contributed by atoms with van der Waals surface area (Å²) in [5.74, 6) is -1.17. The summed E-state index contributed by atoms with van der Waals surface area (Å²) in [5, 5.41) is 17.1. The molecule has 0 aromatic heterocycles. The topological polar surface area (TPSA) is 169 Å². The summed E-state index contributed by atoms with van der Waals surface area (Å²) in [6, 6.07) is 11.5. The Morgan fingerprint density at radius 1 is 0.886 bits per heavy atom. The predicted octanol–water partition coefficient (Wildman–Crippen LogP) is 4.86. The zero-order valence-electron chi connectivity index (χ0n) is 24.3. The summed E-state index contributed by atoms with van der Waals surface area (Å²) in [5.41, 5.74) is 0.999. The molecule has 0 aliphatic rings. The molecule has 2 atom stereocenters. The van der Waals surface area contributed by atoms with E-state index in [0.29, 0.717) is 68.7 Å². The number of alkyl carbamates (subject to hydrolysis) is 1. The highest BCUT2D eigenvalue weighted by Crippen LogP contribution is 2.22. The van der Waals surface area contributed by atoms with Crippen molar-refractivity contribution in [1.82, 2.24) is 16.0 Å². The Bertz CT molecular complexity index is 1240. The van der Waals surface area contributed by atoms with E-state index in [0.717, 1.165) is 7.14 Å². The van der Waals surface area contributed by atoms with Crippen LogP contribution in [-0.4, -0.2) is 67.5 Å². The van der Waals surface area contributed by atoms with Gasteiger partial charge in [0.25, 0.3) is 18.3 Å². The predicted molar refractivity (Wildman–Crippen MR) is 178 cm³/mol. The highest BCUT2D eigenvalue weighted by molar-refractivity contribution is 14.1. The fourth-order valence-electron chi connectivity index (χ4n) is 3.91. The van der Waals surface area contributed by atoms with Crippen LogP contribution in [0.2, 0.25) is 0 Å². The summed E-state index contributed by atoms with van der Waals surface area (Å²) in [7, 11) is 0. The molecular weight excluding hydrogens is 800 g/mol. The van der Waals surface area contributed by atoms with Crippen LogP contribution < -0.4 is 20.7 Å². The second kappa shape index (κ2) is 20.7. The molecule has 2 aromatic rings. The Morgan fingerprint density at radius 2 is 1.55 bits per heavy atom. The molecule has 0 radical (unpaired) electrons. The molecule has 0 saturated carbocycles. The fourth-order valence-corrected chi connectivity index (χ4v) is 4.73. The molecule has 0 bridgehead atoms. The third-order valence-electron chi connectivity index (χ3n) is 6.17. The van der Waals surface area contributed by atoms with Crippen LogP contribution in [0, 0.1) is 7.14 Å². The van der Waals surface area contributed by atoms with E-state index in [9.17, 15) is 24.0 Å². The van der Waals surface area contributed by atoms with Gasteiger partial charge in [0, 0.05) is 32.2 Å². The number of aliphatic carboxylic acids is 1. The average molecular weight is 837 g/mol. The molecule has 0 saturated heterocycles. The first kappa shape index (κ1) is 37.0. The van der Waals surface area contributed by atoms with Gasteiger partial charge in [-0.25, -0.2) is 9.59 Å². The molecule has 4 N–H and O–H groups in total. The van der Waals surface area contributed by atoms with Gasteiger partial charge in [-0.1, -0.05) is 13.3 Å².